The molecule has 34 heavy (non-hydrogen) atoms. The Morgan fingerprint density at radius 2 is 1.68 bits per heavy atom. The quantitative estimate of drug-likeness (QED) is 0.319. The number of likely N-dealkylation sites (N-methyl/N-ethyl adjacent to an activating group) is 1. The SMILES string of the molecule is C=CCN(c1ccccc1Cl)S(=O)(=O)c1cccc(C(=O)OCC(=O)N(C)c2ccccc2)c1. The molecule has 3 rings (SSSR count). The summed E-state index contributed by atoms with van der Waals surface area (Å²) < 4.78 is 33.0. The van der Waals surface area contributed by atoms with Crippen molar-refractivity contribution in [3.8, 4) is 0 Å². The highest BCUT2D eigenvalue weighted by Gasteiger charge is 2.26. The van der Waals surface area contributed by atoms with Gasteiger partial charge >= 0.3 is 5.97 Å². The zero-order chi connectivity index (χ0) is 24.7. The van der Waals surface area contributed by atoms with Gasteiger partial charge < -0.3 is 9.64 Å². The second kappa shape index (κ2) is 11.0. The molecule has 0 bridgehead atoms. The van der Waals surface area contributed by atoms with E-state index in [1.54, 1.807) is 55.6 Å². The molecule has 3 aromatic carbocycles. The summed E-state index contributed by atoms with van der Waals surface area (Å²) in [5.74, 6) is -1.25. The summed E-state index contributed by atoms with van der Waals surface area (Å²) in [6.07, 6.45) is 1.44. The molecule has 0 radical (unpaired) electrons. The lowest BCUT2D eigenvalue weighted by molar-refractivity contribution is -0.121. The van der Waals surface area contributed by atoms with Gasteiger partial charge in [-0.2, -0.15) is 0 Å². The Morgan fingerprint density at radius 1 is 1.00 bits per heavy atom. The number of sulfonamides is 1. The van der Waals surface area contributed by atoms with Gasteiger partial charge in [0, 0.05) is 12.7 Å². The fourth-order valence-corrected chi connectivity index (χ4v) is 4.90. The van der Waals surface area contributed by atoms with Gasteiger partial charge in [-0.1, -0.05) is 54.1 Å². The fourth-order valence-electron chi connectivity index (χ4n) is 3.11. The van der Waals surface area contributed by atoms with Crippen molar-refractivity contribution in [2.75, 3.05) is 29.4 Å². The normalized spacial score (nSPS) is 10.9. The van der Waals surface area contributed by atoms with Crippen molar-refractivity contribution >= 4 is 44.9 Å². The van der Waals surface area contributed by atoms with Crippen LogP contribution in [0.5, 0.6) is 0 Å². The second-order valence-corrected chi connectivity index (χ2v) is 9.44. The van der Waals surface area contributed by atoms with Gasteiger partial charge in [-0.05, 0) is 42.5 Å². The maximum atomic E-state index is 13.4. The van der Waals surface area contributed by atoms with Crippen molar-refractivity contribution in [2.45, 2.75) is 4.90 Å². The minimum atomic E-state index is -4.08. The molecule has 0 spiro atoms. The molecule has 0 aromatic heterocycles. The number of ether oxygens (including phenoxy) is 1. The van der Waals surface area contributed by atoms with Crippen LogP contribution in [0, 0.1) is 0 Å². The number of halogens is 1. The highest BCUT2D eigenvalue weighted by Crippen LogP contribution is 2.30. The van der Waals surface area contributed by atoms with Gasteiger partial charge in [-0.15, -0.1) is 6.58 Å². The lowest BCUT2D eigenvalue weighted by Gasteiger charge is -2.24. The molecule has 0 N–H and O–H groups in total. The van der Waals surface area contributed by atoms with Crippen molar-refractivity contribution in [2.24, 2.45) is 0 Å². The summed E-state index contributed by atoms with van der Waals surface area (Å²) in [6.45, 7) is 3.10. The molecule has 0 heterocycles. The van der Waals surface area contributed by atoms with Crippen LogP contribution in [0.25, 0.3) is 0 Å². The van der Waals surface area contributed by atoms with Crippen molar-refractivity contribution in [1.29, 1.82) is 0 Å². The summed E-state index contributed by atoms with van der Waals surface area (Å²) >= 11 is 6.22. The maximum absolute atomic E-state index is 13.4. The Kier molecular flexibility index (Phi) is 8.09. The molecule has 0 atom stereocenters. The van der Waals surface area contributed by atoms with Crippen LogP contribution >= 0.6 is 11.6 Å². The van der Waals surface area contributed by atoms with Gasteiger partial charge in [0.15, 0.2) is 6.61 Å². The Bertz CT molecular complexity index is 1300. The number of carbonyl (C=O) groups excluding carboxylic acids is 2. The highest BCUT2D eigenvalue weighted by molar-refractivity contribution is 7.92. The molecule has 0 saturated heterocycles. The van der Waals surface area contributed by atoms with Crippen molar-refractivity contribution < 1.29 is 22.7 Å². The first kappa shape index (κ1) is 25.0. The zero-order valence-electron chi connectivity index (χ0n) is 18.4. The van der Waals surface area contributed by atoms with Crippen LogP contribution in [0.4, 0.5) is 11.4 Å². The number of amides is 1. The van der Waals surface area contributed by atoms with E-state index in [9.17, 15) is 18.0 Å². The lowest BCUT2D eigenvalue weighted by Crippen LogP contribution is -2.32. The van der Waals surface area contributed by atoms with Crippen LogP contribution in [0.1, 0.15) is 10.4 Å². The van der Waals surface area contributed by atoms with Gasteiger partial charge in [0.25, 0.3) is 15.9 Å². The number of anilines is 2. The minimum absolute atomic E-state index is 0.00560. The molecule has 0 saturated carbocycles. The van der Waals surface area contributed by atoms with E-state index >= 15 is 0 Å². The number of nitrogens with zero attached hydrogens (tertiary/aromatic N) is 2. The molecule has 176 valence electrons. The topological polar surface area (TPSA) is 84.0 Å². The molecule has 0 aliphatic rings. The third kappa shape index (κ3) is 5.65. The first-order valence-electron chi connectivity index (χ1n) is 10.2. The first-order chi connectivity index (χ1) is 16.3. The van der Waals surface area contributed by atoms with Crippen molar-refractivity contribution in [1.82, 2.24) is 0 Å². The number of para-hydroxylation sites is 2. The van der Waals surface area contributed by atoms with Crippen LogP contribution in [-0.2, 0) is 19.6 Å². The largest absolute Gasteiger partial charge is 0.452 e. The Hall–Kier alpha value is -3.62. The van der Waals surface area contributed by atoms with E-state index < -0.39 is 28.5 Å². The summed E-state index contributed by atoms with van der Waals surface area (Å²) in [6, 6.07) is 20.8. The summed E-state index contributed by atoms with van der Waals surface area (Å²) in [5, 5.41) is 0.254. The van der Waals surface area contributed by atoms with Crippen molar-refractivity contribution in [3.63, 3.8) is 0 Å². The van der Waals surface area contributed by atoms with E-state index in [0.717, 1.165) is 4.31 Å². The summed E-state index contributed by atoms with van der Waals surface area (Å²) in [4.78, 5) is 26.2. The first-order valence-corrected chi connectivity index (χ1v) is 12.0. The standard InChI is InChI=1S/C25H23ClN2O5S/c1-3-16-28(23-15-8-7-14-22(23)26)34(31,32)21-13-9-10-19(17-21)25(30)33-18-24(29)27(2)20-11-5-4-6-12-20/h3-15,17H,1,16,18H2,2H3. The maximum Gasteiger partial charge on any atom is 0.338 e. The predicted octanol–water partition coefficient (Wildman–Crippen LogP) is 4.54. The van der Waals surface area contributed by atoms with E-state index in [4.69, 9.17) is 16.3 Å². The molecule has 3 aromatic rings. The average Bonchev–Trinajstić information content (AvgIpc) is 2.86. The van der Waals surface area contributed by atoms with Crippen LogP contribution in [0.3, 0.4) is 0 Å². The molecule has 0 unspecified atom stereocenters. The van der Waals surface area contributed by atoms with E-state index in [0.29, 0.717) is 5.69 Å². The average molecular weight is 499 g/mol. The summed E-state index contributed by atoms with van der Waals surface area (Å²) in [5.41, 5.74) is 0.930. The second-order valence-electron chi connectivity index (χ2n) is 7.17. The van der Waals surface area contributed by atoms with E-state index in [1.165, 1.54) is 35.2 Å². The third-order valence-electron chi connectivity index (χ3n) is 4.92. The zero-order valence-corrected chi connectivity index (χ0v) is 20.0. The number of benzene rings is 3. The molecular weight excluding hydrogens is 476 g/mol. The molecule has 0 aliphatic heterocycles. The monoisotopic (exact) mass is 498 g/mol. The number of esters is 1. The van der Waals surface area contributed by atoms with Gasteiger partial charge in [-0.3, -0.25) is 9.10 Å². The van der Waals surface area contributed by atoms with E-state index in [-0.39, 0.29) is 27.7 Å². The third-order valence-corrected chi connectivity index (χ3v) is 7.01. The van der Waals surface area contributed by atoms with Crippen LogP contribution < -0.4 is 9.21 Å². The smallest absolute Gasteiger partial charge is 0.338 e. The van der Waals surface area contributed by atoms with E-state index in [2.05, 4.69) is 6.58 Å². The minimum Gasteiger partial charge on any atom is -0.452 e. The molecule has 7 nitrogen and oxygen atoms in total. The number of carbonyl (C=O) groups is 2. The molecule has 0 fully saturated rings. The van der Waals surface area contributed by atoms with Crippen LogP contribution in [-0.4, -0.2) is 40.5 Å². The summed E-state index contributed by atoms with van der Waals surface area (Å²) in [7, 11) is -2.51. The van der Waals surface area contributed by atoms with Gasteiger partial charge in [0.05, 0.1) is 27.7 Å². The fraction of sp³-hybridized carbons (Fsp3) is 0.120. The molecular formula is C25H23ClN2O5S. The predicted molar refractivity (Wildman–Crippen MR) is 133 cm³/mol. The number of hydrogen-bond donors (Lipinski definition) is 0. The molecule has 9 heteroatoms. The molecule has 1 amide bonds. The van der Waals surface area contributed by atoms with Crippen LogP contribution in [0.2, 0.25) is 5.02 Å². The van der Waals surface area contributed by atoms with E-state index in [1.807, 2.05) is 6.07 Å². The Balaban J connectivity index is 1.79. The van der Waals surface area contributed by atoms with Crippen molar-refractivity contribution in [3.05, 3.63) is 102 Å². The number of hydrogen-bond acceptors (Lipinski definition) is 5. The Morgan fingerprint density at radius 3 is 2.35 bits per heavy atom. The number of rotatable bonds is 9. The van der Waals surface area contributed by atoms with Gasteiger partial charge in [-0.25, -0.2) is 13.2 Å². The molecule has 0 aliphatic carbocycles. The highest BCUT2D eigenvalue weighted by atomic mass is 35.5. The van der Waals surface area contributed by atoms with Gasteiger partial charge in [0.2, 0.25) is 0 Å². The van der Waals surface area contributed by atoms with Gasteiger partial charge in [0.1, 0.15) is 0 Å². The Labute approximate surface area is 203 Å². The van der Waals surface area contributed by atoms with Crippen LogP contribution in [0.15, 0.2) is 96.4 Å². The lowest BCUT2D eigenvalue weighted by atomic mass is 10.2.